The number of carbonyl (C=O) groups is 2. The molecule has 2 heterocycles. The third-order valence-electron chi connectivity index (χ3n) is 6.40. The largest absolute Gasteiger partial charge is 0.614 e. The molecule has 1 unspecified atom stereocenters. The Morgan fingerprint density at radius 3 is 2.29 bits per heavy atom. The maximum absolute atomic E-state index is 13.3. The van der Waals surface area contributed by atoms with Gasteiger partial charge < -0.3 is 14.6 Å². The predicted molar refractivity (Wildman–Crippen MR) is 116 cm³/mol. The number of amides is 1. The van der Waals surface area contributed by atoms with Crippen LogP contribution in [0.5, 0.6) is 0 Å². The molecule has 0 aliphatic carbocycles. The first-order chi connectivity index (χ1) is 14.6. The minimum absolute atomic E-state index is 0.211. The summed E-state index contributed by atoms with van der Waals surface area (Å²) in [4.78, 5) is 28.1. The molecule has 164 valence electrons. The van der Waals surface area contributed by atoms with Crippen LogP contribution in [0.1, 0.15) is 35.3 Å². The van der Waals surface area contributed by atoms with Crippen molar-refractivity contribution in [2.24, 2.45) is 0 Å². The fourth-order valence-corrected chi connectivity index (χ4v) is 6.71. The fraction of sp³-hybridized carbons (Fsp3) is 0.391. The average Bonchev–Trinajstić information content (AvgIpc) is 3.16. The molecule has 31 heavy (non-hydrogen) atoms. The number of carboxylic acids is 1. The van der Waals surface area contributed by atoms with Gasteiger partial charge in [-0.1, -0.05) is 42.5 Å². The number of sulfone groups is 1. The Labute approximate surface area is 182 Å². The second kappa shape index (κ2) is 7.85. The van der Waals surface area contributed by atoms with Crippen LogP contribution in [-0.4, -0.2) is 60.5 Å². The number of aromatic carboxylic acids is 1. The van der Waals surface area contributed by atoms with E-state index in [1.807, 2.05) is 35.2 Å². The van der Waals surface area contributed by atoms with Gasteiger partial charge in [-0.25, -0.2) is 4.79 Å². The van der Waals surface area contributed by atoms with Crippen LogP contribution in [0.15, 0.2) is 54.6 Å². The van der Waals surface area contributed by atoms with E-state index >= 15 is 0 Å². The summed E-state index contributed by atoms with van der Waals surface area (Å²) in [5.74, 6) is -1.34. The number of hydrogen-bond acceptors (Lipinski definition) is 5. The number of carboxylic acid groups (broad SMARTS) is 1. The van der Waals surface area contributed by atoms with Crippen molar-refractivity contribution in [2.45, 2.75) is 43.0 Å². The summed E-state index contributed by atoms with van der Waals surface area (Å²) in [5.41, 5.74) is 2.08. The van der Waals surface area contributed by atoms with Crippen molar-refractivity contribution >= 4 is 22.1 Å². The maximum atomic E-state index is 13.3. The summed E-state index contributed by atoms with van der Waals surface area (Å²) < 4.78 is 25.1. The van der Waals surface area contributed by atoms with Gasteiger partial charge >= 0.3 is 5.97 Å². The summed E-state index contributed by atoms with van der Waals surface area (Å²) in [7, 11) is -3.67. The highest BCUT2D eigenvalue weighted by Crippen LogP contribution is 2.41. The quantitative estimate of drug-likeness (QED) is 0.714. The number of fused-ring (bicyclic) bond motifs is 1. The smallest absolute Gasteiger partial charge is 0.335 e. The molecular formula is C23H26N2O5S. The molecule has 2 fully saturated rings. The minimum Gasteiger partial charge on any atom is -0.614 e. The van der Waals surface area contributed by atoms with E-state index in [1.165, 1.54) is 13.8 Å². The lowest BCUT2D eigenvalue weighted by atomic mass is 10.1. The molecule has 2 aromatic rings. The van der Waals surface area contributed by atoms with Gasteiger partial charge in [-0.15, -0.1) is 4.21 Å². The molecule has 1 N–H and O–H groups in total. The van der Waals surface area contributed by atoms with E-state index in [4.69, 9.17) is 5.11 Å². The Bertz CT molecular complexity index is 1040. The van der Waals surface area contributed by atoms with Crippen LogP contribution in [0, 0.1) is 0 Å². The lowest BCUT2D eigenvalue weighted by Crippen LogP contribution is -2.67. The Kier molecular flexibility index (Phi) is 5.49. The maximum Gasteiger partial charge on any atom is 0.335 e. The van der Waals surface area contributed by atoms with E-state index < -0.39 is 32.2 Å². The third kappa shape index (κ3) is 3.79. The SMILES string of the molecule is CC1(C)C(=O)N(Cc2ccccc2)[C@H]2CN(Cc3ccc(C(=O)O)cc3)C[C@H]2[S+]1(=O)[O-]. The summed E-state index contributed by atoms with van der Waals surface area (Å²) in [6.07, 6.45) is 0. The van der Waals surface area contributed by atoms with E-state index in [-0.39, 0.29) is 11.5 Å². The van der Waals surface area contributed by atoms with Crippen LogP contribution in [-0.2, 0) is 32.3 Å². The zero-order chi connectivity index (χ0) is 22.4. The molecule has 0 aromatic heterocycles. The second-order valence-electron chi connectivity index (χ2n) is 8.78. The molecule has 3 atom stereocenters. The number of hydrogen-bond donors (Lipinski definition) is 1. The van der Waals surface area contributed by atoms with Crippen molar-refractivity contribution < 1.29 is 23.5 Å². The molecule has 0 saturated carbocycles. The van der Waals surface area contributed by atoms with Crippen LogP contribution in [0.2, 0.25) is 0 Å². The molecule has 7 nitrogen and oxygen atoms in total. The molecule has 2 aliphatic rings. The highest BCUT2D eigenvalue weighted by Gasteiger charge is 2.63. The summed E-state index contributed by atoms with van der Waals surface area (Å²) in [6, 6.07) is 15.8. The van der Waals surface area contributed by atoms with Gasteiger partial charge in [-0.2, -0.15) is 0 Å². The van der Waals surface area contributed by atoms with Crippen LogP contribution >= 0.6 is 0 Å². The molecule has 8 heteroatoms. The van der Waals surface area contributed by atoms with E-state index in [9.17, 15) is 18.4 Å². The molecule has 1 amide bonds. The van der Waals surface area contributed by atoms with Crippen LogP contribution in [0.4, 0.5) is 0 Å². The standard InChI is InChI=1S/C23H26N2O5S/c1-23(2)22(28)25(13-16-6-4-3-5-7-16)19-14-24(15-20(19)31(23,29)30)12-17-8-10-18(11-9-17)21(26)27/h3-11,19-20H,12-15H2,1-2H3,(H-,26,27,29,30)/t19-,20+/m0/s1. The van der Waals surface area contributed by atoms with Crippen molar-refractivity contribution in [1.29, 1.82) is 0 Å². The molecule has 2 saturated heterocycles. The number of carbonyl (C=O) groups excluding carboxylic acids is 1. The van der Waals surface area contributed by atoms with Gasteiger partial charge in [0, 0.05) is 26.2 Å². The van der Waals surface area contributed by atoms with Crippen LogP contribution < -0.4 is 0 Å². The number of likely N-dealkylation sites (tertiary alicyclic amines) is 1. The number of nitrogens with zero attached hydrogens (tertiary/aromatic N) is 2. The summed E-state index contributed by atoms with van der Waals surface area (Å²) in [6.45, 7) is 4.68. The first-order valence-corrected chi connectivity index (χ1v) is 11.8. The van der Waals surface area contributed by atoms with Crippen molar-refractivity contribution in [1.82, 2.24) is 9.80 Å². The first kappa shape index (κ1) is 21.7. The Morgan fingerprint density at radius 2 is 1.68 bits per heavy atom. The highest BCUT2D eigenvalue weighted by molar-refractivity contribution is 8.00. The predicted octanol–water partition coefficient (Wildman–Crippen LogP) is 2.39. The van der Waals surface area contributed by atoms with Crippen molar-refractivity contribution in [3.8, 4) is 0 Å². The zero-order valence-electron chi connectivity index (χ0n) is 17.6. The van der Waals surface area contributed by atoms with E-state index in [2.05, 4.69) is 0 Å². The molecular weight excluding hydrogens is 416 g/mol. The van der Waals surface area contributed by atoms with Gasteiger partial charge in [0.05, 0.1) is 21.8 Å². The fourth-order valence-electron chi connectivity index (χ4n) is 4.54. The van der Waals surface area contributed by atoms with Gasteiger partial charge in [-0.05, 0) is 37.1 Å². The van der Waals surface area contributed by atoms with Crippen molar-refractivity contribution in [3.63, 3.8) is 0 Å². The van der Waals surface area contributed by atoms with Crippen LogP contribution in [0.25, 0.3) is 0 Å². The second-order valence-corrected chi connectivity index (χ2v) is 11.5. The molecule has 2 aliphatic heterocycles. The lowest BCUT2D eigenvalue weighted by Gasteiger charge is -2.47. The summed E-state index contributed by atoms with van der Waals surface area (Å²) in [5, 5.41) is 8.42. The normalized spacial score (nSPS) is 27.8. The van der Waals surface area contributed by atoms with E-state index in [0.29, 0.717) is 26.2 Å². The van der Waals surface area contributed by atoms with Crippen LogP contribution in [0.3, 0.4) is 0 Å². The third-order valence-corrected chi connectivity index (χ3v) is 9.26. The van der Waals surface area contributed by atoms with Crippen molar-refractivity contribution in [2.75, 3.05) is 13.1 Å². The first-order valence-electron chi connectivity index (χ1n) is 10.2. The topological polar surface area (TPSA) is 101 Å². The zero-order valence-corrected chi connectivity index (χ0v) is 18.4. The minimum atomic E-state index is -3.67. The number of benzene rings is 2. The lowest BCUT2D eigenvalue weighted by molar-refractivity contribution is -0.137. The van der Waals surface area contributed by atoms with Gasteiger partial charge in [0.1, 0.15) is 0 Å². The average molecular weight is 443 g/mol. The molecule has 0 bridgehead atoms. The Morgan fingerprint density at radius 1 is 1.06 bits per heavy atom. The number of rotatable bonds is 5. The molecule has 2 aromatic carbocycles. The van der Waals surface area contributed by atoms with Gasteiger partial charge in [0.15, 0.2) is 5.25 Å². The van der Waals surface area contributed by atoms with Crippen molar-refractivity contribution in [3.05, 3.63) is 71.3 Å². The Balaban J connectivity index is 1.59. The van der Waals surface area contributed by atoms with Gasteiger partial charge in [0.2, 0.25) is 4.75 Å². The highest BCUT2D eigenvalue weighted by atomic mass is 32.3. The monoisotopic (exact) mass is 442 g/mol. The Hall–Kier alpha value is -2.55. The van der Waals surface area contributed by atoms with E-state index in [1.54, 1.807) is 29.2 Å². The van der Waals surface area contributed by atoms with E-state index in [0.717, 1.165) is 11.1 Å². The van der Waals surface area contributed by atoms with Gasteiger partial charge in [-0.3, -0.25) is 9.69 Å². The van der Waals surface area contributed by atoms with Gasteiger partial charge in [0.25, 0.3) is 5.91 Å². The molecule has 0 radical (unpaired) electrons. The molecule has 0 spiro atoms. The summed E-state index contributed by atoms with van der Waals surface area (Å²) >= 11 is 0. The molecule has 4 rings (SSSR count).